The lowest BCUT2D eigenvalue weighted by atomic mass is 10.4. The molecule has 1 amide bonds. The molecule has 0 fully saturated rings. The van der Waals surface area contributed by atoms with Gasteiger partial charge in [0.15, 0.2) is 0 Å². The summed E-state index contributed by atoms with van der Waals surface area (Å²) in [6, 6.07) is 0. The van der Waals surface area contributed by atoms with Gasteiger partial charge in [-0.3, -0.25) is 9.36 Å². The molecule has 0 saturated heterocycles. The van der Waals surface area contributed by atoms with E-state index in [1.54, 1.807) is 0 Å². The van der Waals surface area contributed by atoms with Gasteiger partial charge in [0.1, 0.15) is 5.66 Å². The zero-order valence-corrected chi connectivity index (χ0v) is 8.55. The molecule has 0 bridgehead atoms. The van der Waals surface area contributed by atoms with Crippen LogP contribution in [-0.2, 0) is 18.4 Å². The van der Waals surface area contributed by atoms with Crippen LogP contribution < -0.4 is 5.32 Å². The molecule has 0 heterocycles. The SMILES string of the molecule is CNC(=O)C(C)P(=O)(OC)OC. The molecule has 1 N–H and O–H groups in total. The monoisotopic (exact) mass is 195 g/mol. The van der Waals surface area contributed by atoms with Crippen LogP contribution in [0, 0.1) is 0 Å². The minimum atomic E-state index is -3.26. The first-order chi connectivity index (χ1) is 5.51. The van der Waals surface area contributed by atoms with Crippen LogP contribution in [-0.4, -0.2) is 32.8 Å². The van der Waals surface area contributed by atoms with Crippen LogP contribution in [0.3, 0.4) is 0 Å². The minimum absolute atomic E-state index is 0.359. The van der Waals surface area contributed by atoms with Gasteiger partial charge >= 0.3 is 7.60 Å². The van der Waals surface area contributed by atoms with Gasteiger partial charge in [-0.15, -0.1) is 0 Å². The Morgan fingerprint density at radius 1 is 1.42 bits per heavy atom. The fraction of sp³-hybridized carbons (Fsp3) is 0.833. The van der Waals surface area contributed by atoms with Crippen molar-refractivity contribution in [2.45, 2.75) is 12.6 Å². The first-order valence-corrected chi connectivity index (χ1v) is 5.05. The molecule has 5 nitrogen and oxygen atoms in total. The van der Waals surface area contributed by atoms with E-state index in [2.05, 4.69) is 14.4 Å². The van der Waals surface area contributed by atoms with Crippen molar-refractivity contribution in [2.24, 2.45) is 0 Å². The van der Waals surface area contributed by atoms with Crippen LogP contribution in [0.15, 0.2) is 0 Å². The number of amides is 1. The molecular weight excluding hydrogens is 181 g/mol. The molecular formula is C6H14NO4P. The van der Waals surface area contributed by atoms with Gasteiger partial charge in [0.25, 0.3) is 0 Å². The average Bonchev–Trinajstić information content (AvgIpc) is 2.14. The van der Waals surface area contributed by atoms with Crippen LogP contribution in [0.2, 0.25) is 0 Å². The summed E-state index contributed by atoms with van der Waals surface area (Å²) in [6.45, 7) is 1.49. The van der Waals surface area contributed by atoms with Gasteiger partial charge in [-0.2, -0.15) is 0 Å². The van der Waals surface area contributed by atoms with E-state index in [0.717, 1.165) is 0 Å². The van der Waals surface area contributed by atoms with Crippen LogP contribution in [0.25, 0.3) is 0 Å². The largest absolute Gasteiger partial charge is 0.358 e. The predicted molar refractivity (Wildman–Crippen MR) is 45.2 cm³/mol. The second-order valence-corrected chi connectivity index (χ2v) is 4.78. The molecule has 0 aliphatic carbocycles. The molecule has 1 unspecified atom stereocenters. The minimum Gasteiger partial charge on any atom is -0.358 e. The Morgan fingerprint density at radius 3 is 2.08 bits per heavy atom. The fourth-order valence-corrected chi connectivity index (χ4v) is 1.94. The second-order valence-electron chi connectivity index (χ2n) is 2.20. The third-order valence-corrected chi connectivity index (χ3v) is 3.81. The Morgan fingerprint density at radius 2 is 1.83 bits per heavy atom. The van der Waals surface area contributed by atoms with Crippen molar-refractivity contribution in [1.29, 1.82) is 0 Å². The summed E-state index contributed by atoms with van der Waals surface area (Å²) in [5.74, 6) is -0.359. The van der Waals surface area contributed by atoms with E-state index in [0.29, 0.717) is 0 Å². The van der Waals surface area contributed by atoms with Crippen molar-refractivity contribution in [3.8, 4) is 0 Å². The van der Waals surface area contributed by atoms with Crippen LogP contribution in [0.4, 0.5) is 0 Å². The number of rotatable bonds is 4. The summed E-state index contributed by atoms with van der Waals surface area (Å²) in [4.78, 5) is 11.0. The first-order valence-electron chi connectivity index (χ1n) is 3.44. The fourth-order valence-electron chi connectivity index (χ4n) is 0.743. The topological polar surface area (TPSA) is 64.6 Å². The lowest BCUT2D eigenvalue weighted by Gasteiger charge is -2.18. The Bertz CT molecular complexity index is 198. The van der Waals surface area contributed by atoms with E-state index >= 15 is 0 Å². The smallest absolute Gasteiger partial charge is 0.342 e. The van der Waals surface area contributed by atoms with E-state index in [-0.39, 0.29) is 5.91 Å². The molecule has 1 atom stereocenters. The van der Waals surface area contributed by atoms with E-state index in [4.69, 9.17) is 0 Å². The zero-order chi connectivity index (χ0) is 9.78. The van der Waals surface area contributed by atoms with Crippen molar-refractivity contribution >= 4 is 13.5 Å². The molecule has 0 aromatic carbocycles. The molecule has 12 heavy (non-hydrogen) atoms. The highest BCUT2D eigenvalue weighted by molar-refractivity contribution is 7.55. The summed E-state index contributed by atoms with van der Waals surface area (Å²) in [5.41, 5.74) is -0.780. The standard InChI is InChI=1S/C6H14NO4P/c1-5(6(8)7-2)12(9,10-3)11-4/h5H,1-4H3,(H,7,8). The molecule has 0 radical (unpaired) electrons. The number of carbonyl (C=O) groups excluding carboxylic acids is 1. The molecule has 0 aromatic rings. The van der Waals surface area contributed by atoms with Crippen LogP contribution >= 0.6 is 7.60 Å². The number of carbonyl (C=O) groups is 1. The Balaban J connectivity index is 4.53. The summed E-state index contributed by atoms with van der Waals surface area (Å²) < 4.78 is 20.8. The maximum Gasteiger partial charge on any atom is 0.342 e. The highest BCUT2D eigenvalue weighted by Gasteiger charge is 2.35. The van der Waals surface area contributed by atoms with E-state index in [9.17, 15) is 9.36 Å². The van der Waals surface area contributed by atoms with Crippen molar-refractivity contribution in [3.05, 3.63) is 0 Å². The highest BCUT2D eigenvalue weighted by Crippen LogP contribution is 2.51. The maximum atomic E-state index is 11.5. The summed E-state index contributed by atoms with van der Waals surface area (Å²) in [6.07, 6.45) is 0. The molecule has 0 spiro atoms. The lowest BCUT2D eigenvalue weighted by Crippen LogP contribution is -2.30. The quantitative estimate of drug-likeness (QED) is 0.667. The predicted octanol–water partition coefficient (Wildman–Crippen LogP) is 0.607. The van der Waals surface area contributed by atoms with Crippen molar-refractivity contribution in [3.63, 3.8) is 0 Å². The molecule has 6 heteroatoms. The summed E-state index contributed by atoms with van der Waals surface area (Å²) in [5, 5.41) is 2.37. The lowest BCUT2D eigenvalue weighted by molar-refractivity contribution is -0.120. The van der Waals surface area contributed by atoms with Crippen LogP contribution in [0.1, 0.15) is 6.92 Å². The molecule has 0 aliphatic heterocycles. The number of nitrogens with one attached hydrogen (secondary N) is 1. The van der Waals surface area contributed by atoms with E-state index < -0.39 is 13.3 Å². The third kappa shape index (κ3) is 2.30. The van der Waals surface area contributed by atoms with Gasteiger partial charge < -0.3 is 14.4 Å². The molecule has 72 valence electrons. The van der Waals surface area contributed by atoms with E-state index in [1.165, 1.54) is 28.2 Å². The zero-order valence-electron chi connectivity index (χ0n) is 7.66. The van der Waals surface area contributed by atoms with Crippen molar-refractivity contribution in [2.75, 3.05) is 21.3 Å². The average molecular weight is 195 g/mol. The third-order valence-electron chi connectivity index (χ3n) is 1.61. The van der Waals surface area contributed by atoms with Gasteiger partial charge in [-0.25, -0.2) is 0 Å². The van der Waals surface area contributed by atoms with E-state index in [1.807, 2.05) is 0 Å². The van der Waals surface area contributed by atoms with Gasteiger partial charge in [0, 0.05) is 21.3 Å². The van der Waals surface area contributed by atoms with Crippen molar-refractivity contribution < 1.29 is 18.4 Å². The van der Waals surface area contributed by atoms with Gasteiger partial charge in [-0.05, 0) is 6.92 Å². The normalized spacial score (nSPS) is 14.0. The summed E-state index contributed by atoms with van der Waals surface area (Å²) in [7, 11) is 0.717. The van der Waals surface area contributed by atoms with Gasteiger partial charge in [0.05, 0.1) is 0 Å². The molecule has 0 rings (SSSR count). The first kappa shape index (κ1) is 11.6. The molecule has 0 aliphatic rings. The Hall–Kier alpha value is -0.380. The van der Waals surface area contributed by atoms with Gasteiger partial charge in [0.2, 0.25) is 5.91 Å². The Labute approximate surface area is 72.0 Å². The van der Waals surface area contributed by atoms with Crippen LogP contribution in [0.5, 0.6) is 0 Å². The second kappa shape index (κ2) is 4.60. The molecule has 0 saturated carbocycles. The number of hydrogen-bond donors (Lipinski definition) is 1. The summed E-state index contributed by atoms with van der Waals surface area (Å²) >= 11 is 0. The Kier molecular flexibility index (Phi) is 4.45. The van der Waals surface area contributed by atoms with Gasteiger partial charge in [-0.1, -0.05) is 0 Å². The highest BCUT2D eigenvalue weighted by atomic mass is 31.2. The molecule has 0 aromatic heterocycles. The number of hydrogen-bond acceptors (Lipinski definition) is 4. The van der Waals surface area contributed by atoms with Crippen molar-refractivity contribution in [1.82, 2.24) is 5.32 Å². The maximum absolute atomic E-state index is 11.5.